The van der Waals surface area contributed by atoms with Crippen molar-refractivity contribution in [2.45, 2.75) is 0 Å². The van der Waals surface area contributed by atoms with Crippen molar-refractivity contribution in [3.05, 3.63) is 241 Å². The number of anilines is 2. The van der Waals surface area contributed by atoms with Crippen LogP contribution in [0, 0.1) is 0 Å². The normalized spacial score (nSPS) is 13.2. The SMILES string of the molecule is O=C1c2ccc3c4ccc5c6c(ccc(c7ccc(c2c37)C(=O)N1c1cccc(-c2cc(-c3ccccn3)nc(-c3ccccn3)c2)c1)c64)C(=O)N(c1cccc(-c2cc(-c3ccccn3)nc(-c3ccccn3)c2)c1)C5=O. The summed E-state index contributed by atoms with van der Waals surface area (Å²) in [6, 6.07) is 60.0. The van der Waals surface area contributed by atoms with Crippen LogP contribution in [0.1, 0.15) is 41.4 Å². The number of aromatic nitrogens is 6. The number of carbonyl (C=O) groups is 4. The molecule has 15 rings (SSSR count). The van der Waals surface area contributed by atoms with Gasteiger partial charge in [-0.05, 0) is 176 Å². The van der Waals surface area contributed by atoms with E-state index in [1.54, 1.807) is 61.2 Å². The van der Waals surface area contributed by atoms with Crippen molar-refractivity contribution in [2.24, 2.45) is 0 Å². The van der Waals surface area contributed by atoms with Crippen LogP contribution in [-0.2, 0) is 0 Å². The molecule has 6 aromatic heterocycles. The van der Waals surface area contributed by atoms with Crippen molar-refractivity contribution in [1.29, 1.82) is 0 Å². The van der Waals surface area contributed by atoms with Gasteiger partial charge in [0, 0.05) is 57.8 Å². The maximum absolute atomic E-state index is 14.9. The van der Waals surface area contributed by atoms with Gasteiger partial charge in [-0.15, -0.1) is 0 Å². The monoisotopic (exact) mass is 1000 g/mol. The van der Waals surface area contributed by atoms with Gasteiger partial charge in [0.05, 0.1) is 56.9 Å². The topological polar surface area (TPSA) is 152 Å². The Bertz CT molecular complexity index is 4170. The summed E-state index contributed by atoms with van der Waals surface area (Å²) >= 11 is 0. The van der Waals surface area contributed by atoms with Gasteiger partial charge in [-0.2, -0.15) is 0 Å². The van der Waals surface area contributed by atoms with Crippen LogP contribution in [0.4, 0.5) is 11.4 Å². The van der Waals surface area contributed by atoms with Gasteiger partial charge in [0.25, 0.3) is 23.6 Å². The molecule has 0 bridgehead atoms. The molecule has 2 aliphatic heterocycles. The fourth-order valence-electron chi connectivity index (χ4n) is 11.4. The average molecular weight is 1010 g/mol. The standard InChI is InChI=1S/C66H36N8O4/c75-63-47-23-19-43-45-21-25-49-62-50(66(78)74(65(49)77)42-14-10-12-38(32-42)40-35-57(53-17-3-7-29-69-53)72-58(36-40)54-18-4-8-30-70-54)26-22-46(60(45)62)44-20-24-48(61(47)59(43)44)64(76)73(63)41-13-9-11-37(31-41)39-33-55(51-15-1-5-27-67-51)71-56(34-39)52-16-2-6-28-68-52/h1-36H. The maximum atomic E-state index is 14.9. The molecule has 13 aromatic rings. The largest absolute Gasteiger partial charge is 0.268 e. The molecule has 8 heterocycles. The maximum Gasteiger partial charge on any atom is 0.265 e. The van der Waals surface area contributed by atoms with Gasteiger partial charge in [0.2, 0.25) is 0 Å². The molecule has 78 heavy (non-hydrogen) atoms. The molecule has 4 amide bonds. The Morgan fingerprint density at radius 3 is 0.846 bits per heavy atom. The van der Waals surface area contributed by atoms with Crippen molar-refractivity contribution >= 4 is 78.1 Å². The Kier molecular flexibility index (Phi) is 9.87. The van der Waals surface area contributed by atoms with Gasteiger partial charge < -0.3 is 0 Å². The number of fused-ring (bicyclic) bond motifs is 2. The summed E-state index contributed by atoms with van der Waals surface area (Å²) in [7, 11) is 0. The Morgan fingerprint density at radius 1 is 0.256 bits per heavy atom. The first-order chi connectivity index (χ1) is 38.3. The number of benzene rings is 7. The Morgan fingerprint density at radius 2 is 0.564 bits per heavy atom. The molecule has 0 unspecified atom stereocenters. The van der Waals surface area contributed by atoms with E-state index >= 15 is 0 Å². The second kappa shape index (κ2) is 17.3. The second-order valence-corrected chi connectivity index (χ2v) is 19.2. The minimum atomic E-state index is -0.450. The summed E-state index contributed by atoms with van der Waals surface area (Å²) in [6.45, 7) is 0. The van der Waals surface area contributed by atoms with Gasteiger partial charge in [-0.1, -0.05) is 72.8 Å². The van der Waals surface area contributed by atoms with Crippen LogP contribution in [0.5, 0.6) is 0 Å². The van der Waals surface area contributed by atoms with Crippen LogP contribution in [0.3, 0.4) is 0 Å². The molecular formula is C66H36N8O4. The predicted molar refractivity (Wildman–Crippen MR) is 302 cm³/mol. The third-order valence-corrected chi connectivity index (χ3v) is 14.9. The zero-order valence-corrected chi connectivity index (χ0v) is 41.0. The Hall–Kier alpha value is -11.0. The van der Waals surface area contributed by atoms with Gasteiger partial charge in [0.1, 0.15) is 0 Å². The van der Waals surface area contributed by atoms with Crippen LogP contribution >= 0.6 is 0 Å². The molecule has 0 saturated heterocycles. The number of hydrogen-bond acceptors (Lipinski definition) is 10. The van der Waals surface area contributed by atoms with Crippen LogP contribution in [-0.4, -0.2) is 53.5 Å². The van der Waals surface area contributed by atoms with Crippen LogP contribution in [0.2, 0.25) is 0 Å². The average Bonchev–Trinajstić information content (AvgIpc) is 2.78. The molecule has 12 heteroatoms. The highest BCUT2D eigenvalue weighted by molar-refractivity contribution is 6.45. The van der Waals surface area contributed by atoms with E-state index in [1.807, 2.05) is 158 Å². The zero-order chi connectivity index (χ0) is 52.2. The van der Waals surface area contributed by atoms with E-state index in [9.17, 15) is 19.2 Å². The molecule has 0 spiro atoms. The second-order valence-electron chi connectivity index (χ2n) is 19.2. The van der Waals surface area contributed by atoms with E-state index < -0.39 is 23.6 Å². The highest BCUT2D eigenvalue weighted by Gasteiger charge is 2.38. The molecule has 0 radical (unpaired) electrons. The van der Waals surface area contributed by atoms with Crippen LogP contribution in [0.25, 0.3) is 111 Å². The first-order valence-electron chi connectivity index (χ1n) is 25.2. The highest BCUT2D eigenvalue weighted by Crippen LogP contribution is 2.47. The number of pyridine rings is 6. The van der Waals surface area contributed by atoms with Crippen molar-refractivity contribution in [3.8, 4) is 67.8 Å². The molecule has 0 aliphatic carbocycles. The van der Waals surface area contributed by atoms with Gasteiger partial charge in [-0.3, -0.25) is 39.1 Å². The molecule has 12 nitrogen and oxygen atoms in total. The lowest BCUT2D eigenvalue weighted by molar-refractivity contribution is 0.0877. The number of carbonyl (C=O) groups excluding carboxylic acids is 4. The third-order valence-electron chi connectivity index (χ3n) is 14.9. The number of rotatable bonds is 8. The number of hydrogen-bond donors (Lipinski definition) is 0. The molecule has 0 N–H and O–H groups in total. The molecule has 364 valence electrons. The lowest BCUT2D eigenvalue weighted by Gasteiger charge is -2.30. The summed E-state index contributed by atoms with van der Waals surface area (Å²) < 4.78 is 0. The fourth-order valence-corrected chi connectivity index (χ4v) is 11.4. The van der Waals surface area contributed by atoms with Crippen molar-refractivity contribution in [2.75, 3.05) is 9.80 Å². The Balaban J connectivity index is 0.801. The lowest BCUT2D eigenvalue weighted by Crippen LogP contribution is -2.40. The van der Waals surface area contributed by atoms with Gasteiger partial charge in [-0.25, -0.2) is 19.8 Å². The first-order valence-corrected chi connectivity index (χ1v) is 25.2. The minimum Gasteiger partial charge on any atom is -0.268 e. The van der Waals surface area contributed by atoms with Crippen molar-refractivity contribution in [3.63, 3.8) is 0 Å². The third kappa shape index (κ3) is 6.87. The highest BCUT2D eigenvalue weighted by atomic mass is 16.2. The molecule has 0 fully saturated rings. The molecule has 2 aliphatic rings. The summed E-state index contributed by atoms with van der Waals surface area (Å²) in [6.07, 6.45) is 6.89. The van der Waals surface area contributed by atoms with E-state index in [0.29, 0.717) is 90.0 Å². The van der Waals surface area contributed by atoms with Crippen molar-refractivity contribution < 1.29 is 19.2 Å². The van der Waals surface area contributed by atoms with Crippen molar-refractivity contribution in [1.82, 2.24) is 29.9 Å². The molecule has 0 saturated carbocycles. The van der Waals surface area contributed by atoms with E-state index in [4.69, 9.17) is 9.97 Å². The fraction of sp³-hybridized carbons (Fsp3) is 0. The van der Waals surface area contributed by atoms with Crippen LogP contribution in [0.15, 0.2) is 219 Å². The van der Waals surface area contributed by atoms with E-state index in [2.05, 4.69) is 19.9 Å². The summed E-state index contributed by atoms with van der Waals surface area (Å²) in [5.74, 6) is -1.80. The summed E-state index contributed by atoms with van der Waals surface area (Å²) in [4.78, 5) is 90.2. The first kappa shape index (κ1) is 44.5. The van der Waals surface area contributed by atoms with Gasteiger partial charge >= 0.3 is 0 Å². The molecule has 0 atom stereocenters. The van der Waals surface area contributed by atoms with E-state index in [-0.39, 0.29) is 0 Å². The number of nitrogens with zero attached hydrogens (tertiary/aromatic N) is 8. The van der Waals surface area contributed by atoms with Gasteiger partial charge in [0.15, 0.2) is 0 Å². The lowest BCUT2D eigenvalue weighted by atomic mass is 9.82. The Labute approximate surface area is 444 Å². The summed E-state index contributed by atoms with van der Waals surface area (Å²) in [5.41, 5.74) is 10.9. The molecule has 7 aromatic carbocycles. The smallest absolute Gasteiger partial charge is 0.265 e. The number of imide groups is 2. The summed E-state index contributed by atoms with van der Waals surface area (Å²) in [5, 5.41) is 5.83. The zero-order valence-electron chi connectivity index (χ0n) is 41.0. The van der Waals surface area contributed by atoms with Crippen LogP contribution < -0.4 is 9.80 Å². The van der Waals surface area contributed by atoms with E-state index in [0.717, 1.165) is 54.6 Å². The molecular weight excluding hydrogens is 969 g/mol. The minimum absolute atomic E-state index is 0.388. The van der Waals surface area contributed by atoms with E-state index in [1.165, 1.54) is 9.80 Å². The predicted octanol–water partition coefficient (Wildman–Crippen LogP) is 13.7. The quantitative estimate of drug-likeness (QED) is 0.0817. The number of amides is 4.